The van der Waals surface area contributed by atoms with Crippen molar-refractivity contribution >= 4 is 27.8 Å². The number of anilines is 1. The van der Waals surface area contributed by atoms with E-state index in [2.05, 4.69) is 25.9 Å². The van der Waals surface area contributed by atoms with Crippen molar-refractivity contribution in [3.05, 3.63) is 33.9 Å². The van der Waals surface area contributed by atoms with E-state index in [-0.39, 0.29) is 18.7 Å². The van der Waals surface area contributed by atoms with E-state index < -0.39 is 5.97 Å². The van der Waals surface area contributed by atoms with Gasteiger partial charge in [-0.3, -0.25) is 0 Å². The summed E-state index contributed by atoms with van der Waals surface area (Å²) in [6.07, 6.45) is 0.0548. The van der Waals surface area contributed by atoms with E-state index in [0.29, 0.717) is 22.7 Å². The van der Waals surface area contributed by atoms with Crippen LogP contribution in [-0.2, 0) is 4.74 Å². The molecule has 0 saturated carbocycles. The second-order valence-electron chi connectivity index (χ2n) is 5.42. The van der Waals surface area contributed by atoms with Crippen molar-refractivity contribution < 1.29 is 14.3 Å². The maximum atomic E-state index is 12.3. The zero-order valence-corrected chi connectivity index (χ0v) is 15.7. The molecule has 0 aliphatic carbocycles. The first-order chi connectivity index (χ1) is 11.3. The van der Waals surface area contributed by atoms with Gasteiger partial charge in [-0.15, -0.1) is 0 Å². The van der Waals surface area contributed by atoms with E-state index in [9.17, 15) is 4.79 Å². The SMILES string of the molecule is CCOC(=O)c1c(C)nc(N)nc1-c1ccc(OC(C)C)c(Br)c1. The van der Waals surface area contributed by atoms with Gasteiger partial charge in [0.25, 0.3) is 0 Å². The fourth-order valence-corrected chi connectivity index (χ4v) is 2.72. The van der Waals surface area contributed by atoms with Crippen LogP contribution in [0.3, 0.4) is 0 Å². The number of ether oxygens (including phenoxy) is 2. The summed E-state index contributed by atoms with van der Waals surface area (Å²) in [4.78, 5) is 20.6. The maximum Gasteiger partial charge on any atom is 0.342 e. The van der Waals surface area contributed by atoms with Crippen molar-refractivity contribution in [2.75, 3.05) is 12.3 Å². The highest BCUT2D eigenvalue weighted by Crippen LogP contribution is 2.33. The molecule has 2 aromatic rings. The molecule has 0 fully saturated rings. The fourth-order valence-electron chi connectivity index (χ4n) is 2.25. The third-order valence-corrected chi connectivity index (χ3v) is 3.77. The van der Waals surface area contributed by atoms with Gasteiger partial charge in [0.15, 0.2) is 0 Å². The average molecular weight is 394 g/mol. The van der Waals surface area contributed by atoms with Crippen molar-refractivity contribution in [2.24, 2.45) is 0 Å². The summed E-state index contributed by atoms with van der Waals surface area (Å²) in [5.41, 5.74) is 7.72. The summed E-state index contributed by atoms with van der Waals surface area (Å²) in [6.45, 7) is 7.63. The van der Waals surface area contributed by atoms with E-state index in [4.69, 9.17) is 15.2 Å². The highest BCUT2D eigenvalue weighted by Gasteiger charge is 2.21. The lowest BCUT2D eigenvalue weighted by Gasteiger charge is -2.14. The Morgan fingerprint density at radius 1 is 1.33 bits per heavy atom. The first-order valence-corrected chi connectivity index (χ1v) is 8.40. The zero-order chi connectivity index (χ0) is 17.9. The lowest BCUT2D eigenvalue weighted by Crippen LogP contribution is -2.13. The summed E-state index contributed by atoms with van der Waals surface area (Å²) in [7, 11) is 0. The highest BCUT2D eigenvalue weighted by atomic mass is 79.9. The predicted octanol–water partition coefficient (Wildman–Crippen LogP) is 3.76. The van der Waals surface area contributed by atoms with Crippen molar-refractivity contribution in [2.45, 2.75) is 33.8 Å². The second kappa shape index (κ2) is 7.61. The Hall–Kier alpha value is -2.15. The summed E-state index contributed by atoms with van der Waals surface area (Å²) in [5, 5.41) is 0. The highest BCUT2D eigenvalue weighted by molar-refractivity contribution is 9.10. The van der Waals surface area contributed by atoms with Gasteiger partial charge < -0.3 is 15.2 Å². The van der Waals surface area contributed by atoms with Crippen LogP contribution in [-0.4, -0.2) is 28.6 Å². The Morgan fingerprint density at radius 3 is 2.62 bits per heavy atom. The molecule has 0 spiro atoms. The van der Waals surface area contributed by atoms with Crippen molar-refractivity contribution in [1.82, 2.24) is 9.97 Å². The third kappa shape index (κ3) is 4.03. The smallest absolute Gasteiger partial charge is 0.342 e. The van der Waals surface area contributed by atoms with Gasteiger partial charge in [-0.25, -0.2) is 14.8 Å². The molecule has 1 heterocycles. The van der Waals surface area contributed by atoms with Crippen LogP contribution < -0.4 is 10.5 Å². The van der Waals surface area contributed by atoms with Gasteiger partial charge in [0.1, 0.15) is 11.3 Å². The topological polar surface area (TPSA) is 87.3 Å². The van der Waals surface area contributed by atoms with Crippen LogP contribution in [0.25, 0.3) is 11.3 Å². The largest absolute Gasteiger partial charge is 0.490 e. The van der Waals surface area contributed by atoms with Crippen LogP contribution in [0, 0.1) is 6.92 Å². The molecule has 0 amide bonds. The normalized spacial score (nSPS) is 10.8. The standard InChI is InChI=1S/C17H20BrN3O3/c1-5-23-16(22)14-10(4)20-17(19)21-15(14)11-6-7-13(12(18)8-11)24-9(2)3/h6-9H,5H2,1-4H3,(H2,19,20,21). The van der Waals surface area contributed by atoms with Crippen LogP contribution in [0.15, 0.2) is 22.7 Å². The number of nitrogens with two attached hydrogens (primary N) is 1. The number of esters is 1. The lowest BCUT2D eigenvalue weighted by molar-refractivity contribution is 0.0525. The summed E-state index contributed by atoms with van der Waals surface area (Å²) < 4.78 is 11.6. The molecular formula is C17H20BrN3O3. The molecule has 6 nitrogen and oxygen atoms in total. The Balaban J connectivity index is 2.55. The number of rotatable bonds is 5. The molecule has 1 aromatic carbocycles. The summed E-state index contributed by atoms with van der Waals surface area (Å²) >= 11 is 3.49. The first kappa shape index (κ1) is 18.2. The molecule has 2 N–H and O–H groups in total. The van der Waals surface area contributed by atoms with Crippen LogP contribution >= 0.6 is 15.9 Å². The molecule has 0 radical (unpaired) electrons. The van der Waals surface area contributed by atoms with Gasteiger partial charge in [-0.1, -0.05) is 0 Å². The second-order valence-corrected chi connectivity index (χ2v) is 6.28. The maximum absolute atomic E-state index is 12.3. The lowest BCUT2D eigenvalue weighted by atomic mass is 10.0. The van der Waals surface area contributed by atoms with Crippen LogP contribution in [0.1, 0.15) is 36.8 Å². The predicted molar refractivity (Wildman–Crippen MR) is 96.0 cm³/mol. The molecule has 7 heteroatoms. The number of carbonyl (C=O) groups excluding carboxylic acids is 1. The first-order valence-electron chi connectivity index (χ1n) is 7.61. The van der Waals surface area contributed by atoms with E-state index in [1.54, 1.807) is 13.8 Å². The Morgan fingerprint density at radius 2 is 2.04 bits per heavy atom. The minimum Gasteiger partial charge on any atom is -0.490 e. The third-order valence-electron chi connectivity index (χ3n) is 3.15. The van der Waals surface area contributed by atoms with E-state index >= 15 is 0 Å². The minimum absolute atomic E-state index is 0.0548. The van der Waals surface area contributed by atoms with Crippen LogP contribution in [0.2, 0.25) is 0 Å². The molecule has 2 rings (SSSR count). The number of aromatic nitrogens is 2. The molecule has 1 aromatic heterocycles. The van der Waals surface area contributed by atoms with Gasteiger partial charge in [0, 0.05) is 5.56 Å². The zero-order valence-electron chi connectivity index (χ0n) is 14.1. The number of benzene rings is 1. The molecular weight excluding hydrogens is 374 g/mol. The molecule has 0 aliphatic heterocycles. The quantitative estimate of drug-likeness (QED) is 0.777. The number of hydrogen-bond donors (Lipinski definition) is 1. The monoisotopic (exact) mass is 393 g/mol. The molecule has 0 aliphatic rings. The van der Waals surface area contributed by atoms with Crippen LogP contribution in [0.4, 0.5) is 5.95 Å². The van der Waals surface area contributed by atoms with Crippen molar-refractivity contribution in [3.8, 4) is 17.0 Å². The number of nitrogens with zero attached hydrogens (tertiary/aromatic N) is 2. The molecule has 128 valence electrons. The van der Waals surface area contributed by atoms with Gasteiger partial charge in [0.05, 0.1) is 28.6 Å². The van der Waals surface area contributed by atoms with Gasteiger partial charge >= 0.3 is 5.97 Å². The number of nitrogen functional groups attached to an aromatic ring is 1. The molecule has 0 saturated heterocycles. The Kier molecular flexibility index (Phi) is 5.77. The minimum atomic E-state index is -0.469. The Bertz CT molecular complexity index is 763. The molecule has 24 heavy (non-hydrogen) atoms. The van der Waals surface area contributed by atoms with Crippen molar-refractivity contribution in [3.63, 3.8) is 0 Å². The molecule has 0 unspecified atom stereocenters. The average Bonchev–Trinajstić information content (AvgIpc) is 2.48. The van der Waals surface area contributed by atoms with E-state index in [1.807, 2.05) is 32.0 Å². The van der Waals surface area contributed by atoms with Crippen LogP contribution in [0.5, 0.6) is 5.75 Å². The van der Waals surface area contributed by atoms with Gasteiger partial charge in [0.2, 0.25) is 5.95 Å². The van der Waals surface area contributed by atoms with Crippen molar-refractivity contribution in [1.29, 1.82) is 0 Å². The van der Waals surface area contributed by atoms with E-state index in [0.717, 1.165) is 10.0 Å². The number of halogens is 1. The summed E-state index contributed by atoms with van der Waals surface area (Å²) in [5.74, 6) is 0.350. The fraction of sp³-hybridized carbons (Fsp3) is 0.353. The van der Waals surface area contributed by atoms with E-state index in [1.165, 1.54) is 0 Å². The number of carbonyl (C=O) groups is 1. The Labute approximate surface area is 149 Å². The molecule has 0 bridgehead atoms. The van der Waals surface area contributed by atoms with Gasteiger partial charge in [-0.05, 0) is 61.8 Å². The molecule has 0 atom stereocenters. The summed E-state index contributed by atoms with van der Waals surface area (Å²) in [6, 6.07) is 5.48. The number of hydrogen-bond acceptors (Lipinski definition) is 6. The van der Waals surface area contributed by atoms with Gasteiger partial charge in [-0.2, -0.15) is 0 Å². The number of aryl methyl sites for hydroxylation is 1.